The molecule has 0 fully saturated rings. The van der Waals surface area contributed by atoms with Gasteiger partial charge in [-0.1, -0.05) is 60.7 Å². The lowest BCUT2D eigenvalue weighted by Crippen LogP contribution is -2.40. The Bertz CT molecular complexity index is 1760. The first-order valence-corrected chi connectivity index (χ1v) is 12.7. The van der Waals surface area contributed by atoms with E-state index in [1.54, 1.807) is 15.9 Å². The zero-order valence-corrected chi connectivity index (χ0v) is 20.6. The molecule has 4 aromatic heterocycles. The van der Waals surface area contributed by atoms with Crippen molar-refractivity contribution in [3.63, 3.8) is 0 Å². The van der Waals surface area contributed by atoms with Crippen LogP contribution in [0.1, 0.15) is 29.6 Å². The summed E-state index contributed by atoms with van der Waals surface area (Å²) in [6, 6.07) is 19.6. The lowest BCUT2D eigenvalue weighted by Gasteiger charge is -2.12. The highest BCUT2D eigenvalue weighted by atomic mass is 32.1. The van der Waals surface area contributed by atoms with Crippen LogP contribution in [0.2, 0.25) is 0 Å². The molecule has 6 aromatic rings. The van der Waals surface area contributed by atoms with Gasteiger partial charge in [0.25, 0.3) is 5.56 Å². The Balaban J connectivity index is 1.56. The van der Waals surface area contributed by atoms with Crippen molar-refractivity contribution < 1.29 is 0 Å². The molecule has 180 valence electrons. The summed E-state index contributed by atoms with van der Waals surface area (Å²) in [5.74, 6) is 0.704. The van der Waals surface area contributed by atoms with E-state index < -0.39 is 0 Å². The summed E-state index contributed by atoms with van der Waals surface area (Å²) in [4.78, 5) is 37.8. The van der Waals surface area contributed by atoms with Crippen LogP contribution in [-0.2, 0) is 26.1 Å². The van der Waals surface area contributed by atoms with Gasteiger partial charge >= 0.3 is 5.69 Å². The Morgan fingerprint density at radius 2 is 1.50 bits per heavy atom. The van der Waals surface area contributed by atoms with Gasteiger partial charge in [0.05, 0.1) is 12.2 Å². The molecule has 0 amide bonds. The van der Waals surface area contributed by atoms with Crippen LogP contribution in [0.25, 0.3) is 16.1 Å². The topological polar surface area (TPSA) is 79.1 Å². The van der Waals surface area contributed by atoms with Gasteiger partial charge in [-0.2, -0.15) is 0 Å². The summed E-state index contributed by atoms with van der Waals surface area (Å²) >= 11 is 1.57. The second-order valence-electron chi connectivity index (χ2n) is 8.68. The monoisotopic (exact) mass is 496 g/mol. The molecule has 0 aliphatic heterocycles. The number of fused-ring (bicyclic) bond motifs is 2. The van der Waals surface area contributed by atoms with Gasteiger partial charge in [0.1, 0.15) is 5.82 Å². The zero-order valence-electron chi connectivity index (χ0n) is 19.7. The van der Waals surface area contributed by atoms with Gasteiger partial charge in [-0.15, -0.1) is 11.3 Å². The molecule has 6 rings (SSSR count). The van der Waals surface area contributed by atoms with E-state index in [1.807, 2.05) is 94.3 Å². The third-order valence-corrected chi connectivity index (χ3v) is 7.13. The van der Waals surface area contributed by atoms with Gasteiger partial charge in [-0.25, -0.2) is 14.8 Å². The molecule has 36 heavy (non-hydrogen) atoms. The van der Waals surface area contributed by atoms with Crippen LogP contribution < -0.4 is 11.2 Å². The maximum Gasteiger partial charge on any atom is 0.333 e. The van der Waals surface area contributed by atoms with Crippen molar-refractivity contribution >= 4 is 27.5 Å². The zero-order chi connectivity index (χ0) is 24.6. The molecule has 0 saturated heterocycles. The number of benzene rings is 2. The Morgan fingerprint density at radius 1 is 0.833 bits per heavy atom. The molecule has 0 saturated carbocycles. The maximum atomic E-state index is 13.9. The quantitative estimate of drug-likeness (QED) is 0.337. The van der Waals surface area contributed by atoms with Gasteiger partial charge in [0.2, 0.25) is 0 Å². The molecule has 8 nitrogen and oxygen atoms in total. The van der Waals surface area contributed by atoms with Gasteiger partial charge in [-0.3, -0.25) is 18.3 Å². The first-order valence-electron chi connectivity index (χ1n) is 11.8. The maximum absolute atomic E-state index is 13.9. The summed E-state index contributed by atoms with van der Waals surface area (Å²) < 4.78 is 6.85. The number of imidazole rings is 2. The summed E-state index contributed by atoms with van der Waals surface area (Å²) in [7, 11) is 0. The molecule has 0 bridgehead atoms. The van der Waals surface area contributed by atoms with Gasteiger partial charge in [0, 0.05) is 37.3 Å². The third-order valence-electron chi connectivity index (χ3n) is 6.36. The van der Waals surface area contributed by atoms with Crippen molar-refractivity contribution in [2.24, 2.45) is 0 Å². The van der Waals surface area contributed by atoms with Crippen LogP contribution in [0.4, 0.5) is 0 Å². The van der Waals surface area contributed by atoms with E-state index in [0.717, 1.165) is 21.8 Å². The third kappa shape index (κ3) is 3.87. The van der Waals surface area contributed by atoms with E-state index in [0.29, 0.717) is 36.5 Å². The Hall–Kier alpha value is -4.24. The highest BCUT2D eigenvalue weighted by Crippen LogP contribution is 2.19. The smallest absolute Gasteiger partial charge is 0.317 e. The Labute approximate surface area is 210 Å². The fourth-order valence-electron chi connectivity index (χ4n) is 4.62. The number of hydrogen-bond donors (Lipinski definition) is 0. The second-order valence-corrected chi connectivity index (χ2v) is 9.55. The molecule has 0 spiro atoms. The fraction of sp³-hybridized carbons (Fsp3) is 0.185. The molecule has 4 heterocycles. The van der Waals surface area contributed by atoms with Gasteiger partial charge < -0.3 is 4.57 Å². The van der Waals surface area contributed by atoms with Crippen LogP contribution in [0.5, 0.6) is 0 Å². The van der Waals surface area contributed by atoms with Crippen molar-refractivity contribution in [1.82, 2.24) is 28.1 Å². The molecule has 0 unspecified atom stereocenters. The normalized spacial score (nSPS) is 11.6. The predicted octanol–water partition coefficient (Wildman–Crippen LogP) is 3.78. The SMILES string of the molecule is CCn1c(=O)n(Cc2ccccc2)c(=O)c2c1nc(Cc1cn3ccsc3n1)n2Cc1ccccc1. The number of aromatic nitrogens is 6. The molecule has 0 aliphatic rings. The van der Waals surface area contributed by atoms with Crippen molar-refractivity contribution in [1.29, 1.82) is 0 Å². The number of aryl methyl sites for hydroxylation is 1. The van der Waals surface area contributed by atoms with Crippen molar-refractivity contribution in [3.05, 3.63) is 122 Å². The van der Waals surface area contributed by atoms with Crippen LogP contribution in [0.15, 0.2) is 88.0 Å². The van der Waals surface area contributed by atoms with Gasteiger partial charge in [-0.05, 0) is 18.1 Å². The standard InChI is InChI=1S/C27H24N6O2S/c1-2-31-24-23(25(34)33(27(31)35)17-20-11-7-4-8-12-20)32(16-19-9-5-3-6-10-19)22(29-24)15-21-18-30-13-14-36-26(30)28-21/h3-14,18H,2,15-17H2,1H3. The lowest BCUT2D eigenvalue weighted by atomic mass is 10.2. The summed E-state index contributed by atoms with van der Waals surface area (Å²) in [6.07, 6.45) is 4.41. The molecule has 0 atom stereocenters. The second kappa shape index (κ2) is 9.09. The van der Waals surface area contributed by atoms with Crippen LogP contribution in [0, 0.1) is 0 Å². The molecule has 9 heteroatoms. The van der Waals surface area contributed by atoms with Gasteiger partial charge in [0.15, 0.2) is 16.1 Å². The molecule has 2 aromatic carbocycles. The minimum Gasteiger partial charge on any atom is -0.317 e. The van der Waals surface area contributed by atoms with E-state index >= 15 is 0 Å². The van der Waals surface area contributed by atoms with Crippen LogP contribution in [0.3, 0.4) is 0 Å². The highest BCUT2D eigenvalue weighted by molar-refractivity contribution is 7.15. The van der Waals surface area contributed by atoms with E-state index in [4.69, 9.17) is 9.97 Å². The van der Waals surface area contributed by atoms with E-state index in [2.05, 4.69) is 0 Å². The number of thiazole rings is 1. The summed E-state index contributed by atoms with van der Waals surface area (Å²) in [5, 5.41) is 1.99. The average molecular weight is 497 g/mol. The molecule has 0 aliphatic carbocycles. The van der Waals surface area contributed by atoms with E-state index in [-0.39, 0.29) is 17.8 Å². The molecular formula is C27H24N6O2S. The predicted molar refractivity (Wildman–Crippen MR) is 141 cm³/mol. The van der Waals surface area contributed by atoms with Crippen molar-refractivity contribution in [2.45, 2.75) is 33.0 Å². The fourth-order valence-corrected chi connectivity index (χ4v) is 5.34. The summed E-state index contributed by atoms with van der Waals surface area (Å²) in [6.45, 7) is 2.99. The molecular weight excluding hydrogens is 472 g/mol. The average Bonchev–Trinajstić information content (AvgIpc) is 3.58. The molecule has 0 radical (unpaired) electrons. The first-order chi connectivity index (χ1) is 17.6. The molecule has 0 N–H and O–H groups in total. The summed E-state index contributed by atoms with van der Waals surface area (Å²) in [5.41, 5.74) is 2.98. The van der Waals surface area contributed by atoms with Crippen LogP contribution in [-0.4, -0.2) is 28.1 Å². The largest absolute Gasteiger partial charge is 0.333 e. The first kappa shape index (κ1) is 22.2. The van der Waals surface area contributed by atoms with Crippen LogP contribution >= 0.6 is 11.3 Å². The number of hydrogen-bond acceptors (Lipinski definition) is 5. The number of rotatable bonds is 7. The Morgan fingerprint density at radius 3 is 2.14 bits per heavy atom. The van der Waals surface area contributed by atoms with E-state index in [9.17, 15) is 9.59 Å². The number of nitrogens with zero attached hydrogens (tertiary/aromatic N) is 6. The highest BCUT2D eigenvalue weighted by Gasteiger charge is 2.22. The van der Waals surface area contributed by atoms with E-state index in [1.165, 1.54) is 4.57 Å². The van der Waals surface area contributed by atoms with Crippen molar-refractivity contribution in [3.8, 4) is 0 Å². The Kier molecular flexibility index (Phi) is 5.61. The lowest BCUT2D eigenvalue weighted by molar-refractivity contribution is 0.617. The van der Waals surface area contributed by atoms with Crippen molar-refractivity contribution in [2.75, 3.05) is 0 Å². The minimum absolute atomic E-state index is 0.206. The minimum atomic E-state index is -0.350.